The highest BCUT2D eigenvalue weighted by molar-refractivity contribution is 7.11. The van der Waals surface area contributed by atoms with Gasteiger partial charge < -0.3 is 5.32 Å². The number of hydrogen-bond acceptors (Lipinski definition) is 2. The van der Waals surface area contributed by atoms with E-state index in [-0.39, 0.29) is 0 Å². The van der Waals surface area contributed by atoms with Crippen molar-refractivity contribution in [3.8, 4) is 0 Å². The zero-order valence-corrected chi connectivity index (χ0v) is 12.0. The predicted octanol–water partition coefficient (Wildman–Crippen LogP) is 3.95. The average Bonchev–Trinajstić information content (AvgIpc) is 2.83. The van der Waals surface area contributed by atoms with Gasteiger partial charge in [0.25, 0.3) is 0 Å². The minimum absolute atomic E-state index is 0.997. The molecule has 2 aromatic rings. The van der Waals surface area contributed by atoms with E-state index in [9.17, 15) is 0 Å². The van der Waals surface area contributed by atoms with Crippen LogP contribution in [0.25, 0.3) is 0 Å². The van der Waals surface area contributed by atoms with E-state index in [0.717, 1.165) is 25.9 Å². The molecule has 0 aliphatic carbocycles. The highest BCUT2D eigenvalue weighted by Crippen LogP contribution is 2.16. The van der Waals surface area contributed by atoms with E-state index < -0.39 is 0 Å². The first-order valence-corrected chi connectivity index (χ1v) is 7.43. The first-order valence-electron chi connectivity index (χ1n) is 6.62. The van der Waals surface area contributed by atoms with Gasteiger partial charge in [-0.2, -0.15) is 0 Å². The third-order valence-corrected chi connectivity index (χ3v) is 4.27. The molecular weight excluding hydrogens is 238 g/mol. The molecule has 0 spiro atoms. The molecule has 1 N–H and O–H groups in total. The van der Waals surface area contributed by atoms with Crippen molar-refractivity contribution < 1.29 is 0 Å². The molecule has 0 fully saturated rings. The topological polar surface area (TPSA) is 12.0 Å². The fraction of sp³-hybridized carbons (Fsp3) is 0.375. The molecular formula is C16H21NS. The maximum absolute atomic E-state index is 3.52. The zero-order valence-electron chi connectivity index (χ0n) is 11.2. The second-order valence-corrected chi connectivity index (χ2v) is 5.89. The van der Waals surface area contributed by atoms with E-state index in [0.29, 0.717) is 0 Å². The van der Waals surface area contributed by atoms with Crippen LogP contribution >= 0.6 is 11.3 Å². The van der Waals surface area contributed by atoms with Gasteiger partial charge in [0, 0.05) is 16.3 Å². The van der Waals surface area contributed by atoms with Gasteiger partial charge in [-0.05, 0) is 44.0 Å². The zero-order chi connectivity index (χ0) is 12.8. The molecule has 0 aliphatic heterocycles. The molecule has 0 saturated carbocycles. The van der Waals surface area contributed by atoms with Crippen LogP contribution in [0.2, 0.25) is 0 Å². The Morgan fingerprint density at radius 1 is 1.11 bits per heavy atom. The standard InChI is InChI=1S/C16H21NS/c1-3-15-7-8-16(18-15)12-17-10-9-14-6-4-5-13(2)11-14/h4-8,11,17H,3,9-10,12H2,1-2H3. The Bertz CT molecular complexity index is 487. The van der Waals surface area contributed by atoms with Crippen LogP contribution in [-0.4, -0.2) is 6.54 Å². The van der Waals surface area contributed by atoms with Crippen LogP contribution in [0.3, 0.4) is 0 Å². The molecule has 0 aliphatic rings. The molecule has 2 heteroatoms. The van der Waals surface area contributed by atoms with Gasteiger partial charge in [0.2, 0.25) is 0 Å². The van der Waals surface area contributed by atoms with Crippen molar-refractivity contribution in [2.24, 2.45) is 0 Å². The van der Waals surface area contributed by atoms with Crippen molar-refractivity contribution in [1.29, 1.82) is 0 Å². The Labute approximate surface area is 114 Å². The minimum atomic E-state index is 0.997. The number of thiophene rings is 1. The normalized spacial score (nSPS) is 10.8. The molecule has 0 bridgehead atoms. The second-order valence-electron chi connectivity index (χ2n) is 4.64. The van der Waals surface area contributed by atoms with Crippen molar-refractivity contribution in [3.05, 3.63) is 57.3 Å². The summed E-state index contributed by atoms with van der Waals surface area (Å²) < 4.78 is 0. The molecule has 96 valence electrons. The summed E-state index contributed by atoms with van der Waals surface area (Å²) >= 11 is 1.92. The van der Waals surface area contributed by atoms with Crippen LogP contribution in [-0.2, 0) is 19.4 Å². The van der Waals surface area contributed by atoms with Crippen LogP contribution in [0, 0.1) is 6.92 Å². The number of hydrogen-bond donors (Lipinski definition) is 1. The van der Waals surface area contributed by atoms with Crippen LogP contribution in [0.5, 0.6) is 0 Å². The van der Waals surface area contributed by atoms with Gasteiger partial charge in [0.15, 0.2) is 0 Å². The summed E-state index contributed by atoms with van der Waals surface area (Å²) in [7, 11) is 0. The van der Waals surface area contributed by atoms with E-state index in [1.54, 1.807) is 0 Å². The summed E-state index contributed by atoms with van der Waals surface area (Å²) in [6.45, 7) is 6.40. The van der Waals surface area contributed by atoms with Gasteiger partial charge in [0.05, 0.1) is 0 Å². The highest BCUT2D eigenvalue weighted by atomic mass is 32.1. The molecule has 0 radical (unpaired) electrons. The van der Waals surface area contributed by atoms with Gasteiger partial charge >= 0.3 is 0 Å². The quantitative estimate of drug-likeness (QED) is 0.775. The smallest absolute Gasteiger partial charge is 0.0299 e. The Kier molecular flexibility index (Phi) is 4.97. The van der Waals surface area contributed by atoms with Crippen LogP contribution < -0.4 is 5.32 Å². The Balaban J connectivity index is 1.72. The lowest BCUT2D eigenvalue weighted by Gasteiger charge is -2.04. The molecule has 1 aromatic heterocycles. The first-order chi connectivity index (χ1) is 8.78. The number of aryl methyl sites for hydroxylation is 2. The largest absolute Gasteiger partial charge is 0.312 e. The maximum atomic E-state index is 3.52. The van der Waals surface area contributed by atoms with E-state index in [2.05, 4.69) is 55.6 Å². The van der Waals surface area contributed by atoms with E-state index in [1.165, 1.54) is 20.9 Å². The van der Waals surface area contributed by atoms with Gasteiger partial charge in [0.1, 0.15) is 0 Å². The summed E-state index contributed by atoms with van der Waals surface area (Å²) in [6.07, 6.45) is 2.25. The molecule has 1 aromatic carbocycles. The summed E-state index contributed by atoms with van der Waals surface area (Å²) in [4.78, 5) is 2.92. The van der Waals surface area contributed by atoms with Crippen molar-refractivity contribution in [1.82, 2.24) is 5.32 Å². The molecule has 0 unspecified atom stereocenters. The SMILES string of the molecule is CCc1ccc(CNCCc2cccc(C)c2)s1. The monoisotopic (exact) mass is 259 g/mol. The molecule has 0 amide bonds. The van der Waals surface area contributed by atoms with Crippen molar-refractivity contribution >= 4 is 11.3 Å². The fourth-order valence-corrected chi connectivity index (χ4v) is 2.95. The highest BCUT2D eigenvalue weighted by Gasteiger charge is 1.98. The Hall–Kier alpha value is -1.12. The summed E-state index contributed by atoms with van der Waals surface area (Å²) in [5, 5.41) is 3.52. The Morgan fingerprint density at radius 2 is 1.94 bits per heavy atom. The summed E-state index contributed by atoms with van der Waals surface area (Å²) in [5.41, 5.74) is 2.77. The van der Waals surface area contributed by atoms with Crippen LogP contribution in [0.4, 0.5) is 0 Å². The molecule has 1 heterocycles. The third-order valence-electron chi connectivity index (χ3n) is 3.04. The van der Waals surface area contributed by atoms with Crippen molar-refractivity contribution in [2.45, 2.75) is 33.2 Å². The van der Waals surface area contributed by atoms with Crippen molar-refractivity contribution in [2.75, 3.05) is 6.54 Å². The number of nitrogens with one attached hydrogen (secondary N) is 1. The maximum Gasteiger partial charge on any atom is 0.0299 e. The fourth-order valence-electron chi connectivity index (χ4n) is 2.02. The molecule has 0 atom stereocenters. The van der Waals surface area contributed by atoms with E-state index in [1.807, 2.05) is 11.3 Å². The number of benzene rings is 1. The lowest BCUT2D eigenvalue weighted by Crippen LogP contribution is -2.15. The predicted molar refractivity (Wildman–Crippen MR) is 80.3 cm³/mol. The summed E-state index contributed by atoms with van der Waals surface area (Å²) in [6, 6.07) is 13.2. The van der Waals surface area contributed by atoms with Crippen LogP contribution in [0.15, 0.2) is 36.4 Å². The molecule has 18 heavy (non-hydrogen) atoms. The number of rotatable bonds is 6. The summed E-state index contributed by atoms with van der Waals surface area (Å²) in [5.74, 6) is 0. The van der Waals surface area contributed by atoms with Crippen molar-refractivity contribution in [3.63, 3.8) is 0 Å². The van der Waals surface area contributed by atoms with Crippen LogP contribution in [0.1, 0.15) is 27.8 Å². The first kappa shape index (κ1) is 13.3. The molecule has 0 saturated heterocycles. The van der Waals surface area contributed by atoms with Gasteiger partial charge in [-0.1, -0.05) is 36.8 Å². The minimum Gasteiger partial charge on any atom is -0.312 e. The van der Waals surface area contributed by atoms with E-state index >= 15 is 0 Å². The van der Waals surface area contributed by atoms with Gasteiger partial charge in [-0.15, -0.1) is 11.3 Å². The van der Waals surface area contributed by atoms with E-state index in [4.69, 9.17) is 0 Å². The lowest BCUT2D eigenvalue weighted by atomic mass is 10.1. The average molecular weight is 259 g/mol. The molecule has 1 nitrogen and oxygen atoms in total. The second kappa shape index (κ2) is 6.72. The van der Waals surface area contributed by atoms with Gasteiger partial charge in [-0.25, -0.2) is 0 Å². The van der Waals surface area contributed by atoms with Gasteiger partial charge in [-0.3, -0.25) is 0 Å². The third kappa shape index (κ3) is 3.97. The molecule has 2 rings (SSSR count). The Morgan fingerprint density at radius 3 is 2.67 bits per heavy atom. The lowest BCUT2D eigenvalue weighted by molar-refractivity contribution is 0.693.